The van der Waals surface area contributed by atoms with Crippen LogP contribution in [-0.2, 0) is 16.2 Å². The summed E-state index contributed by atoms with van der Waals surface area (Å²) in [5.74, 6) is 0. The lowest BCUT2D eigenvalue weighted by Gasteiger charge is -2.36. The highest BCUT2D eigenvalue weighted by Crippen LogP contribution is 2.66. The molecule has 0 radical (unpaired) electrons. The summed E-state index contributed by atoms with van der Waals surface area (Å²) < 4.78 is 0. The maximum atomic E-state index is 4.17. The Kier molecular flexibility index (Phi) is 13.2. The fourth-order valence-corrected chi connectivity index (χ4v) is 17.8. The topological polar surface area (TPSA) is 6.48 Å². The van der Waals surface area contributed by atoms with Gasteiger partial charge in [0.2, 0.25) is 0 Å². The molecule has 18 rings (SSSR count). The Hall–Kier alpha value is -11.8. The summed E-state index contributed by atoms with van der Waals surface area (Å²) in [6.45, 7) is 17.3. The van der Waals surface area contributed by atoms with Gasteiger partial charge in [0, 0.05) is 34.1 Å². The van der Waals surface area contributed by atoms with Gasteiger partial charge in [0.05, 0.1) is 16.2 Å². The smallest absolute Gasteiger partial charge is 0.0727 e. The van der Waals surface area contributed by atoms with E-state index in [9.17, 15) is 0 Å². The van der Waals surface area contributed by atoms with Crippen molar-refractivity contribution in [2.45, 2.75) is 43.9 Å². The molecule has 0 amide bonds. The highest BCUT2D eigenvalue weighted by molar-refractivity contribution is 5.99. The number of rotatable bonds is 12. The summed E-state index contributed by atoms with van der Waals surface area (Å²) in [6, 6.07) is 120. The van der Waals surface area contributed by atoms with Gasteiger partial charge in [-0.15, -0.1) is 0 Å². The standard InChI is InChI=1S/C95H70N2/c1-7-65-39-43-67(44-40-65)93(87-55-61(3)35-37-63(87)5)83-31-19-15-27-75(83)79-51-47-71(57-89(79)93)96(69-23-11-9-12-24-69)73-49-53-81-77-29-17-21-33-85(77)95(91(81)59-73)86-34-22-18-30-78(86)82-54-50-74(60-92(82)95)97(70-25-13-10-14-26-70)72-48-52-80-76-28-16-20-32-84(76)94(90(80)58-72,68-45-41-66(8-2)42-46-68)88-56-62(4)36-38-64(88)6/h7-60H,1-2H2,3-6H3/t93-,94?,95?/m0/s1. The summed E-state index contributed by atoms with van der Waals surface area (Å²) in [5.41, 5.74) is 36.9. The Morgan fingerprint density at radius 2 is 0.505 bits per heavy atom. The van der Waals surface area contributed by atoms with E-state index >= 15 is 0 Å². The Labute approximate surface area is 569 Å². The third kappa shape index (κ3) is 8.27. The molecule has 0 bridgehead atoms. The molecule has 0 aromatic heterocycles. The first-order valence-corrected chi connectivity index (χ1v) is 33.9. The summed E-state index contributed by atoms with van der Waals surface area (Å²) in [5, 5.41) is 0. The predicted molar refractivity (Wildman–Crippen MR) is 406 cm³/mol. The van der Waals surface area contributed by atoms with Gasteiger partial charge in [-0.2, -0.15) is 0 Å². The van der Waals surface area contributed by atoms with Crippen molar-refractivity contribution < 1.29 is 0 Å². The molecular formula is C95H70N2. The van der Waals surface area contributed by atoms with Crippen molar-refractivity contribution in [3.63, 3.8) is 0 Å². The second-order valence-electron chi connectivity index (χ2n) is 27.0. The molecule has 0 fully saturated rings. The molecule has 0 aliphatic heterocycles. The average Bonchev–Trinajstić information content (AvgIpc) is 1.52. The van der Waals surface area contributed by atoms with Crippen LogP contribution >= 0.6 is 0 Å². The Morgan fingerprint density at radius 1 is 0.227 bits per heavy atom. The lowest BCUT2D eigenvalue weighted by molar-refractivity contribution is 0.759. The molecule has 0 saturated carbocycles. The van der Waals surface area contributed by atoms with Crippen molar-refractivity contribution in [3.05, 3.63) is 429 Å². The van der Waals surface area contributed by atoms with E-state index in [2.05, 4.69) is 366 Å². The van der Waals surface area contributed by atoms with Crippen LogP contribution in [0.2, 0.25) is 0 Å². The zero-order valence-electron chi connectivity index (χ0n) is 55.0. The monoisotopic (exact) mass is 1240 g/mol. The number of hydrogen-bond acceptors (Lipinski definition) is 2. The van der Waals surface area contributed by atoms with Crippen molar-refractivity contribution >= 4 is 46.3 Å². The number of aryl methyl sites for hydroxylation is 4. The number of nitrogens with zero attached hydrogens (tertiary/aromatic N) is 2. The molecule has 97 heavy (non-hydrogen) atoms. The molecule has 0 saturated heterocycles. The van der Waals surface area contributed by atoms with E-state index in [0.29, 0.717) is 0 Å². The van der Waals surface area contributed by atoms with E-state index in [1.807, 2.05) is 12.2 Å². The van der Waals surface area contributed by atoms with Crippen LogP contribution in [0.4, 0.5) is 34.1 Å². The Morgan fingerprint density at radius 3 is 0.825 bits per heavy atom. The minimum atomic E-state index is -0.696. The van der Waals surface area contributed by atoms with Gasteiger partial charge in [-0.05, 0) is 234 Å². The number of fused-ring (bicyclic) bond motifs is 16. The third-order valence-electron chi connectivity index (χ3n) is 21.9. The van der Waals surface area contributed by atoms with Gasteiger partial charge in [0.1, 0.15) is 0 Å². The van der Waals surface area contributed by atoms with Crippen LogP contribution in [0.1, 0.15) is 100 Å². The summed E-state index contributed by atoms with van der Waals surface area (Å²) >= 11 is 0. The second-order valence-corrected chi connectivity index (χ2v) is 27.0. The van der Waals surface area contributed by atoms with Crippen LogP contribution in [0.3, 0.4) is 0 Å². The quantitative estimate of drug-likeness (QED) is 0.120. The first-order chi connectivity index (χ1) is 47.6. The van der Waals surface area contributed by atoms with Crippen molar-refractivity contribution in [1.29, 1.82) is 0 Å². The van der Waals surface area contributed by atoms with Crippen molar-refractivity contribution in [3.8, 4) is 44.5 Å². The zero-order chi connectivity index (χ0) is 65.3. The van der Waals surface area contributed by atoms with Gasteiger partial charge in [-0.1, -0.05) is 279 Å². The van der Waals surface area contributed by atoms with E-state index in [1.165, 1.54) is 134 Å². The van der Waals surface area contributed by atoms with E-state index < -0.39 is 16.2 Å². The number of anilines is 6. The molecule has 4 aliphatic carbocycles. The van der Waals surface area contributed by atoms with E-state index in [1.54, 1.807) is 0 Å². The Balaban J connectivity index is 0.854. The molecule has 0 N–H and O–H groups in total. The lowest BCUT2D eigenvalue weighted by Crippen LogP contribution is -2.30. The SMILES string of the molecule is C=Cc1ccc(C2(c3cc(C)ccc3C)c3ccccc3-c3ccc(N(c4ccccc4)c4ccc5c(c4)C4(c6ccccc6-5)c5ccccc5-c5ccc(N(c6ccccc6)c6ccc7c(c6)[C@](c6ccc(C=C)cc6)(c6cc(C)ccc6C)c6ccccc6-7)cc54)cc32)cc1. The van der Waals surface area contributed by atoms with Crippen LogP contribution in [0.25, 0.3) is 56.7 Å². The molecule has 2 nitrogen and oxygen atoms in total. The molecule has 2 heteroatoms. The number of benzene rings is 14. The molecule has 4 aliphatic rings. The van der Waals surface area contributed by atoms with E-state index in [4.69, 9.17) is 0 Å². The van der Waals surface area contributed by atoms with E-state index in [-0.39, 0.29) is 0 Å². The zero-order valence-corrected chi connectivity index (χ0v) is 55.0. The van der Waals surface area contributed by atoms with Crippen molar-refractivity contribution in [1.82, 2.24) is 0 Å². The van der Waals surface area contributed by atoms with Gasteiger partial charge in [0.15, 0.2) is 0 Å². The van der Waals surface area contributed by atoms with Crippen LogP contribution in [0, 0.1) is 27.7 Å². The first kappa shape index (κ1) is 57.8. The number of hydrogen-bond donors (Lipinski definition) is 0. The normalized spacial score (nSPS) is 16.9. The summed E-state index contributed by atoms with van der Waals surface area (Å²) in [7, 11) is 0. The van der Waals surface area contributed by atoms with Gasteiger partial charge in [-0.25, -0.2) is 0 Å². The lowest BCUT2D eigenvalue weighted by atomic mass is 9.66. The van der Waals surface area contributed by atoms with Gasteiger partial charge in [-0.3, -0.25) is 0 Å². The van der Waals surface area contributed by atoms with Crippen molar-refractivity contribution in [2.24, 2.45) is 0 Å². The maximum Gasteiger partial charge on any atom is 0.0727 e. The molecule has 14 aromatic carbocycles. The van der Waals surface area contributed by atoms with E-state index in [0.717, 1.165) is 45.3 Å². The fourth-order valence-electron chi connectivity index (χ4n) is 17.8. The van der Waals surface area contributed by atoms with Crippen LogP contribution in [0.5, 0.6) is 0 Å². The molecule has 2 unspecified atom stereocenters. The Bertz CT molecular complexity index is 5210. The summed E-state index contributed by atoms with van der Waals surface area (Å²) in [6.07, 6.45) is 3.88. The van der Waals surface area contributed by atoms with Gasteiger partial charge >= 0.3 is 0 Å². The number of para-hydroxylation sites is 2. The molecule has 14 aromatic rings. The predicted octanol–water partition coefficient (Wildman–Crippen LogP) is 24.2. The average molecular weight is 1240 g/mol. The maximum absolute atomic E-state index is 4.17. The van der Waals surface area contributed by atoms with Crippen LogP contribution in [-0.4, -0.2) is 0 Å². The van der Waals surface area contributed by atoms with Gasteiger partial charge in [0.25, 0.3) is 0 Å². The fraction of sp³-hybridized carbons (Fsp3) is 0.0737. The van der Waals surface area contributed by atoms with Crippen molar-refractivity contribution in [2.75, 3.05) is 9.80 Å². The minimum absolute atomic E-state index is 0.627. The van der Waals surface area contributed by atoms with Gasteiger partial charge < -0.3 is 9.80 Å². The highest BCUT2D eigenvalue weighted by atomic mass is 15.1. The van der Waals surface area contributed by atoms with Crippen LogP contribution < -0.4 is 9.80 Å². The molecule has 460 valence electrons. The molecule has 1 spiro atoms. The second kappa shape index (κ2) is 22.1. The molecular weight excluding hydrogens is 1170 g/mol. The highest BCUT2D eigenvalue weighted by Gasteiger charge is 2.53. The van der Waals surface area contributed by atoms with Crippen LogP contribution in [0.15, 0.2) is 329 Å². The minimum Gasteiger partial charge on any atom is -0.310 e. The molecule has 0 heterocycles. The third-order valence-corrected chi connectivity index (χ3v) is 21.9. The summed E-state index contributed by atoms with van der Waals surface area (Å²) in [4.78, 5) is 5.00. The first-order valence-electron chi connectivity index (χ1n) is 33.9. The molecule has 3 atom stereocenters. The largest absolute Gasteiger partial charge is 0.310 e.